The Hall–Kier alpha value is -2.01. The molecule has 0 saturated carbocycles. The fourth-order valence-corrected chi connectivity index (χ4v) is 4.04. The Bertz CT molecular complexity index is 777. The van der Waals surface area contributed by atoms with Gasteiger partial charge in [-0.15, -0.1) is 0 Å². The molecule has 2 aromatic rings. The van der Waals surface area contributed by atoms with Gasteiger partial charge in [-0.3, -0.25) is 9.59 Å². The van der Waals surface area contributed by atoms with Crippen LogP contribution in [0.5, 0.6) is 0 Å². The summed E-state index contributed by atoms with van der Waals surface area (Å²) in [6.07, 6.45) is 3.97. The van der Waals surface area contributed by atoms with Crippen molar-refractivity contribution < 1.29 is 9.59 Å². The van der Waals surface area contributed by atoms with Gasteiger partial charge in [-0.05, 0) is 30.5 Å². The van der Waals surface area contributed by atoms with Crippen LogP contribution < -0.4 is 4.90 Å². The van der Waals surface area contributed by atoms with Crippen LogP contribution in [0.3, 0.4) is 0 Å². The van der Waals surface area contributed by atoms with Crippen molar-refractivity contribution in [3.8, 4) is 0 Å². The van der Waals surface area contributed by atoms with Gasteiger partial charge in [-0.1, -0.05) is 40.2 Å². The Balaban J connectivity index is 1.80. The lowest BCUT2D eigenvalue weighted by Gasteiger charge is -2.22. The molecule has 1 aliphatic heterocycles. The van der Waals surface area contributed by atoms with E-state index in [1.54, 1.807) is 36.5 Å². The summed E-state index contributed by atoms with van der Waals surface area (Å²) in [5, 5.41) is 0. The van der Waals surface area contributed by atoms with Crippen LogP contribution in [0.1, 0.15) is 39.1 Å². The van der Waals surface area contributed by atoms with Gasteiger partial charge in [0.2, 0.25) is 0 Å². The van der Waals surface area contributed by atoms with Crippen LogP contribution in [0.25, 0.3) is 0 Å². The molecule has 0 atom stereocenters. The number of anilines is 1. The van der Waals surface area contributed by atoms with E-state index in [1.165, 1.54) is 0 Å². The highest BCUT2D eigenvalue weighted by atomic mass is 79.9. The standard InChI is InChI=1S/C18H15BrN2O2/c19-18(16(22)13-5-1-2-6-14(13)17(18)23)12-7-8-20-15(11-12)21-9-3-4-10-21/h1-2,5-8,11H,3-4,9-10H2. The van der Waals surface area contributed by atoms with Gasteiger partial charge >= 0.3 is 0 Å². The van der Waals surface area contributed by atoms with Gasteiger partial charge in [0, 0.05) is 30.4 Å². The number of nitrogens with zero attached hydrogens (tertiary/aromatic N) is 2. The Morgan fingerprint density at radius 3 is 2.22 bits per heavy atom. The summed E-state index contributed by atoms with van der Waals surface area (Å²) < 4.78 is -1.33. The number of benzene rings is 1. The molecule has 1 aromatic carbocycles. The Morgan fingerprint density at radius 1 is 1.00 bits per heavy atom. The number of pyridine rings is 1. The van der Waals surface area contributed by atoms with E-state index in [1.807, 2.05) is 6.07 Å². The summed E-state index contributed by atoms with van der Waals surface area (Å²) >= 11 is 3.46. The Morgan fingerprint density at radius 2 is 1.61 bits per heavy atom. The molecule has 0 bridgehead atoms. The average Bonchev–Trinajstić information content (AvgIpc) is 3.20. The van der Waals surface area contributed by atoms with Crippen molar-refractivity contribution in [1.82, 2.24) is 4.98 Å². The second-order valence-corrected chi connectivity index (χ2v) is 7.15. The quantitative estimate of drug-likeness (QED) is 0.600. The van der Waals surface area contributed by atoms with Gasteiger partial charge in [0.25, 0.3) is 0 Å². The lowest BCUT2D eigenvalue weighted by molar-refractivity contribution is 0.0871. The molecule has 2 aliphatic rings. The number of alkyl halides is 1. The lowest BCUT2D eigenvalue weighted by atomic mass is 9.94. The maximum Gasteiger partial charge on any atom is 0.192 e. The monoisotopic (exact) mass is 370 g/mol. The first-order valence-electron chi connectivity index (χ1n) is 7.71. The van der Waals surface area contributed by atoms with Gasteiger partial charge in [-0.2, -0.15) is 0 Å². The number of carbonyl (C=O) groups is 2. The average molecular weight is 371 g/mol. The first-order chi connectivity index (χ1) is 11.1. The number of rotatable bonds is 2. The zero-order valence-electron chi connectivity index (χ0n) is 12.5. The van der Waals surface area contributed by atoms with E-state index in [-0.39, 0.29) is 11.6 Å². The normalized spacial score (nSPS) is 19.3. The van der Waals surface area contributed by atoms with Gasteiger partial charge in [-0.25, -0.2) is 4.98 Å². The number of carbonyl (C=O) groups excluding carboxylic acids is 2. The Kier molecular flexibility index (Phi) is 3.34. The molecule has 1 saturated heterocycles. The first kappa shape index (κ1) is 14.6. The summed E-state index contributed by atoms with van der Waals surface area (Å²) in [5.41, 5.74) is 1.61. The third kappa shape index (κ3) is 2.06. The highest BCUT2D eigenvalue weighted by molar-refractivity contribution is 9.10. The summed E-state index contributed by atoms with van der Waals surface area (Å²) in [4.78, 5) is 32.3. The number of fused-ring (bicyclic) bond motifs is 1. The molecule has 4 nitrogen and oxygen atoms in total. The molecule has 0 spiro atoms. The minimum atomic E-state index is -1.33. The van der Waals surface area contributed by atoms with Crippen LogP contribution in [-0.4, -0.2) is 29.6 Å². The van der Waals surface area contributed by atoms with Crippen LogP contribution in [0.15, 0.2) is 42.6 Å². The number of Topliss-reactive ketones (excluding diaryl/α,β-unsaturated/α-hetero) is 2. The number of ketones is 2. The molecule has 1 fully saturated rings. The highest BCUT2D eigenvalue weighted by Gasteiger charge is 2.52. The second-order valence-electron chi connectivity index (χ2n) is 5.96. The van der Waals surface area contributed by atoms with Gasteiger partial charge in [0.05, 0.1) is 0 Å². The van der Waals surface area contributed by atoms with Crippen LogP contribution in [-0.2, 0) is 4.32 Å². The number of hydrogen-bond donors (Lipinski definition) is 0. The molecule has 0 N–H and O–H groups in total. The minimum Gasteiger partial charge on any atom is -0.357 e. The maximum absolute atomic E-state index is 12.9. The largest absolute Gasteiger partial charge is 0.357 e. The van der Waals surface area contributed by atoms with E-state index in [0.29, 0.717) is 16.7 Å². The topological polar surface area (TPSA) is 50.3 Å². The van der Waals surface area contributed by atoms with E-state index < -0.39 is 4.32 Å². The summed E-state index contributed by atoms with van der Waals surface area (Å²) in [5.74, 6) is 0.434. The Labute approximate surface area is 142 Å². The molecule has 5 heteroatoms. The third-order valence-corrected chi connectivity index (χ3v) is 5.79. The molecule has 1 aliphatic carbocycles. The van der Waals surface area contributed by atoms with E-state index in [0.717, 1.165) is 31.7 Å². The summed E-state index contributed by atoms with van der Waals surface area (Å²) in [7, 11) is 0. The number of halogens is 1. The number of aromatic nitrogens is 1. The van der Waals surface area contributed by atoms with Crippen LogP contribution in [0.4, 0.5) is 5.82 Å². The predicted octanol–water partition coefficient (Wildman–Crippen LogP) is 3.35. The van der Waals surface area contributed by atoms with E-state index in [2.05, 4.69) is 25.8 Å². The summed E-state index contributed by atoms with van der Waals surface area (Å²) in [6, 6.07) is 10.6. The van der Waals surface area contributed by atoms with E-state index >= 15 is 0 Å². The molecule has 116 valence electrons. The summed E-state index contributed by atoms with van der Waals surface area (Å²) in [6.45, 7) is 1.93. The van der Waals surface area contributed by atoms with Crippen molar-refractivity contribution in [2.24, 2.45) is 0 Å². The van der Waals surface area contributed by atoms with Crippen molar-refractivity contribution >= 4 is 33.3 Å². The molecular weight excluding hydrogens is 356 g/mol. The molecule has 0 unspecified atom stereocenters. The fraction of sp³-hybridized carbons (Fsp3) is 0.278. The van der Waals surface area contributed by atoms with Crippen LogP contribution in [0, 0.1) is 0 Å². The third-order valence-electron chi connectivity index (χ3n) is 4.62. The molecular formula is C18H15BrN2O2. The fourth-order valence-electron chi connectivity index (χ4n) is 3.37. The molecule has 2 heterocycles. The van der Waals surface area contributed by atoms with Gasteiger partial charge in [0.1, 0.15) is 5.82 Å². The van der Waals surface area contributed by atoms with E-state index in [4.69, 9.17) is 0 Å². The van der Waals surface area contributed by atoms with Crippen LogP contribution >= 0.6 is 15.9 Å². The SMILES string of the molecule is O=C1c2ccccc2C(=O)C1(Br)c1ccnc(N2CCCC2)c1. The van der Waals surface area contributed by atoms with Crippen molar-refractivity contribution in [3.05, 3.63) is 59.3 Å². The minimum absolute atomic E-state index is 0.198. The van der Waals surface area contributed by atoms with E-state index in [9.17, 15) is 9.59 Å². The van der Waals surface area contributed by atoms with Crippen LogP contribution in [0.2, 0.25) is 0 Å². The van der Waals surface area contributed by atoms with Gasteiger partial charge in [0.15, 0.2) is 15.9 Å². The maximum atomic E-state index is 12.9. The van der Waals surface area contributed by atoms with Crippen molar-refractivity contribution in [2.45, 2.75) is 17.2 Å². The van der Waals surface area contributed by atoms with Crippen molar-refractivity contribution in [3.63, 3.8) is 0 Å². The zero-order valence-corrected chi connectivity index (χ0v) is 14.0. The zero-order chi connectivity index (χ0) is 16.0. The lowest BCUT2D eigenvalue weighted by Crippen LogP contribution is -2.32. The molecule has 4 rings (SSSR count). The predicted molar refractivity (Wildman–Crippen MR) is 91.4 cm³/mol. The first-order valence-corrected chi connectivity index (χ1v) is 8.50. The second kappa shape index (κ2) is 5.27. The molecule has 0 radical (unpaired) electrons. The van der Waals surface area contributed by atoms with Crippen molar-refractivity contribution in [1.29, 1.82) is 0 Å². The molecule has 1 aromatic heterocycles. The van der Waals surface area contributed by atoms with Gasteiger partial charge < -0.3 is 4.90 Å². The van der Waals surface area contributed by atoms with Crippen molar-refractivity contribution in [2.75, 3.05) is 18.0 Å². The highest BCUT2D eigenvalue weighted by Crippen LogP contribution is 2.45. The smallest absolute Gasteiger partial charge is 0.192 e. The molecule has 0 amide bonds. The molecule has 23 heavy (non-hydrogen) atoms. The number of hydrogen-bond acceptors (Lipinski definition) is 4.